The van der Waals surface area contributed by atoms with Gasteiger partial charge in [-0.3, -0.25) is 19.2 Å². The first kappa shape index (κ1) is 21.1. The molecule has 0 amide bonds. The van der Waals surface area contributed by atoms with Crippen molar-refractivity contribution in [2.75, 3.05) is 6.67 Å². The van der Waals surface area contributed by atoms with Gasteiger partial charge in [0.2, 0.25) is 0 Å². The van der Waals surface area contributed by atoms with Crippen LogP contribution in [0.1, 0.15) is 27.7 Å². The number of hydrogen-bond donors (Lipinski definition) is 0. The summed E-state index contributed by atoms with van der Waals surface area (Å²) in [5.74, 6) is -3.20. The monoisotopic (exact) mass is 301 g/mol. The second kappa shape index (κ2) is 10.6. The van der Waals surface area contributed by atoms with Gasteiger partial charge in [-0.15, -0.1) is 0 Å². The molecule has 0 N–H and O–H groups in total. The molecule has 0 aromatic heterocycles. The van der Waals surface area contributed by atoms with Crippen LogP contribution in [0.25, 0.3) is 0 Å². The molecule has 0 saturated heterocycles. The molecule has 0 fully saturated rings. The van der Waals surface area contributed by atoms with Gasteiger partial charge in [-0.25, -0.2) is 0 Å². The van der Waals surface area contributed by atoms with E-state index in [1.54, 1.807) is 0 Å². The molecule has 0 aliphatic carbocycles. The van der Waals surface area contributed by atoms with Crippen LogP contribution in [-0.2, 0) is 38.5 Å². The zero-order valence-corrected chi connectivity index (χ0v) is 13.9. The number of carbonyl (C=O) groups is 4. The number of nitrogens with zero attached hydrogens (tertiary/aromatic N) is 2. The van der Waals surface area contributed by atoms with Crippen LogP contribution in [0, 0.1) is 0 Å². The van der Waals surface area contributed by atoms with E-state index in [4.69, 9.17) is 0 Å². The second-order valence-electron chi connectivity index (χ2n) is 3.14. The van der Waals surface area contributed by atoms with Crippen molar-refractivity contribution in [3.63, 3.8) is 0 Å². The largest absolute Gasteiger partial charge is 0.332 e. The number of hydroxylamine groups is 4. The maximum Gasteiger partial charge on any atom is 0.326 e. The summed E-state index contributed by atoms with van der Waals surface area (Å²) in [4.78, 5) is 61.0. The van der Waals surface area contributed by atoms with Gasteiger partial charge in [-0.1, -0.05) is 0 Å². The molecule has 0 atom stereocenters. The molecule has 0 unspecified atom stereocenters. The minimum atomic E-state index is -0.799. The molecule has 0 aromatic carbocycles. The third-order valence-electron chi connectivity index (χ3n) is 1.15. The topological polar surface area (TPSA) is 112 Å². The first-order valence-electron chi connectivity index (χ1n) is 5.00. The Morgan fingerprint density at radius 3 is 1.00 bits per heavy atom. The van der Waals surface area contributed by atoms with Gasteiger partial charge in [0.25, 0.3) is 0 Å². The molecule has 0 bridgehead atoms. The Kier molecular flexibility index (Phi) is 11.2. The molecule has 0 heterocycles. The number of rotatable bonds is 6. The summed E-state index contributed by atoms with van der Waals surface area (Å²) >= 11 is 0. The predicted molar refractivity (Wildman–Crippen MR) is 61.4 cm³/mol. The van der Waals surface area contributed by atoms with E-state index in [9.17, 15) is 19.2 Å². The summed E-state index contributed by atoms with van der Waals surface area (Å²) in [7, 11) is 0. The van der Waals surface area contributed by atoms with Gasteiger partial charge in [-0.2, -0.15) is 0 Å². The van der Waals surface area contributed by atoms with Gasteiger partial charge in [0.15, 0.2) is 6.67 Å². The summed E-state index contributed by atoms with van der Waals surface area (Å²) in [6, 6.07) is 0. The fourth-order valence-electron chi connectivity index (χ4n) is 0.821. The summed E-state index contributed by atoms with van der Waals surface area (Å²) in [6.45, 7) is 3.58. The van der Waals surface area contributed by atoms with Crippen LogP contribution in [0.4, 0.5) is 0 Å². The average molecular weight is 301 g/mol. The van der Waals surface area contributed by atoms with Crippen molar-refractivity contribution >= 4 is 53.4 Å². The Morgan fingerprint density at radius 2 is 0.850 bits per heavy atom. The van der Waals surface area contributed by atoms with E-state index in [0.29, 0.717) is 10.5 Å². The van der Waals surface area contributed by atoms with Crippen molar-refractivity contribution in [1.82, 2.24) is 10.5 Å². The Labute approximate surface area is 137 Å². The number of carbonyl (C=O) groups excluding carboxylic acids is 4. The molecule has 0 aliphatic rings. The molecular weight excluding hydrogens is 287 g/mol. The van der Waals surface area contributed by atoms with E-state index in [1.165, 1.54) is 0 Å². The maximum absolute atomic E-state index is 10.8. The second-order valence-corrected chi connectivity index (χ2v) is 3.14. The van der Waals surface area contributed by atoms with Gasteiger partial charge in [0, 0.05) is 57.3 Å². The summed E-state index contributed by atoms with van der Waals surface area (Å²) in [5, 5.41) is 0.771. The maximum atomic E-state index is 10.8. The molecule has 0 saturated carbocycles. The van der Waals surface area contributed by atoms with Crippen molar-refractivity contribution in [3.8, 4) is 0 Å². The van der Waals surface area contributed by atoms with Crippen LogP contribution in [0.2, 0.25) is 0 Å². The summed E-state index contributed by atoms with van der Waals surface area (Å²) < 4.78 is 0. The fraction of sp³-hybridized carbons (Fsp3) is 0.556. The summed E-state index contributed by atoms with van der Waals surface area (Å²) in [5.41, 5.74) is 0. The van der Waals surface area contributed by atoms with E-state index in [2.05, 4.69) is 19.4 Å². The molecule has 10 nitrogen and oxygen atoms in total. The van der Waals surface area contributed by atoms with E-state index in [0.717, 1.165) is 27.7 Å². The van der Waals surface area contributed by atoms with E-state index in [1.807, 2.05) is 0 Å². The third kappa shape index (κ3) is 11.9. The number of hydrogen-bond acceptors (Lipinski definition) is 10. The summed E-state index contributed by atoms with van der Waals surface area (Å²) in [6.07, 6.45) is 0. The SMILES string of the molecule is CC(=O)ON(CN(OC(C)=O)OC(C)=O)OC(C)=O.[Na]. The quantitative estimate of drug-likeness (QED) is 0.347. The minimum Gasteiger partial charge on any atom is -0.332 e. The van der Waals surface area contributed by atoms with E-state index < -0.39 is 30.5 Å². The van der Waals surface area contributed by atoms with E-state index >= 15 is 0 Å². The molecule has 109 valence electrons. The predicted octanol–water partition coefficient (Wildman–Crippen LogP) is -0.920. The van der Waals surface area contributed by atoms with Crippen LogP contribution in [0.15, 0.2) is 0 Å². The van der Waals surface area contributed by atoms with Crippen molar-refractivity contribution in [2.24, 2.45) is 0 Å². The minimum absolute atomic E-state index is 0. The Hall–Kier alpha value is -1.20. The standard InChI is InChI=1S/C9H14N2O8.Na/c1-6(12)16-10(17-7(2)13)5-11(18-8(3)14)19-9(4)15;/h5H2,1-4H3;. The molecular formula is C9H14N2NaO8. The molecule has 0 aliphatic heterocycles. The Balaban J connectivity index is 0. The van der Waals surface area contributed by atoms with Gasteiger partial charge < -0.3 is 19.4 Å². The van der Waals surface area contributed by atoms with Gasteiger partial charge in [-0.05, 0) is 0 Å². The zero-order valence-electron chi connectivity index (χ0n) is 11.9. The van der Waals surface area contributed by atoms with Crippen LogP contribution in [0.3, 0.4) is 0 Å². The van der Waals surface area contributed by atoms with Crippen LogP contribution in [-0.4, -0.2) is 70.6 Å². The van der Waals surface area contributed by atoms with Gasteiger partial charge in [0.05, 0.1) is 10.5 Å². The first-order valence-corrected chi connectivity index (χ1v) is 5.00. The molecule has 0 aromatic rings. The molecule has 0 rings (SSSR count). The molecule has 11 heteroatoms. The van der Waals surface area contributed by atoms with Crippen LogP contribution in [0.5, 0.6) is 0 Å². The van der Waals surface area contributed by atoms with Gasteiger partial charge >= 0.3 is 23.9 Å². The third-order valence-corrected chi connectivity index (χ3v) is 1.15. The molecule has 1 radical (unpaired) electrons. The molecule has 20 heavy (non-hydrogen) atoms. The van der Waals surface area contributed by atoms with Crippen LogP contribution >= 0.6 is 0 Å². The van der Waals surface area contributed by atoms with Crippen molar-refractivity contribution in [3.05, 3.63) is 0 Å². The fourth-order valence-corrected chi connectivity index (χ4v) is 0.821. The van der Waals surface area contributed by atoms with Crippen molar-refractivity contribution < 1.29 is 38.5 Å². The Bertz CT molecular complexity index is 309. The Morgan fingerprint density at radius 1 is 0.650 bits per heavy atom. The average Bonchev–Trinajstić information content (AvgIpc) is 2.11. The van der Waals surface area contributed by atoms with Gasteiger partial charge in [0.1, 0.15) is 0 Å². The van der Waals surface area contributed by atoms with Crippen molar-refractivity contribution in [1.29, 1.82) is 0 Å². The normalized spacial score (nSPS) is 9.50. The first-order chi connectivity index (χ1) is 8.70. The zero-order chi connectivity index (χ0) is 15.0. The molecule has 0 spiro atoms. The van der Waals surface area contributed by atoms with Crippen molar-refractivity contribution in [2.45, 2.75) is 27.7 Å². The van der Waals surface area contributed by atoms with E-state index in [-0.39, 0.29) is 29.6 Å². The van der Waals surface area contributed by atoms with Crippen LogP contribution < -0.4 is 0 Å². The smallest absolute Gasteiger partial charge is 0.326 e.